The number of nitrogens with zero attached hydrogens (tertiary/aromatic N) is 2. The number of carbonyl (C=O) groups excluding carboxylic acids is 3. The summed E-state index contributed by atoms with van der Waals surface area (Å²) in [5, 5.41) is 11.4. The Bertz CT molecular complexity index is 1210. The lowest BCUT2D eigenvalue weighted by molar-refractivity contribution is -0.139. The fourth-order valence-electron chi connectivity index (χ4n) is 4.95. The molecule has 3 N–H and O–H groups in total. The molecule has 1 heterocycles. The third-order valence-electron chi connectivity index (χ3n) is 7.29. The predicted molar refractivity (Wildman–Crippen MR) is 135 cm³/mol. The molecule has 1 aromatic carbocycles. The molecule has 2 aliphatic carbocycles. The predicted octanol–water partition coefficient (Wildman–Crippen LogP) is 4.56. The van der Waals surface area contributed by atoms with Gasteiger partial charge in [-0.1, -0.05) is 6.07 Å². The lowest BCUT2D eigenvalue weighted by Crippen LogP contribution is -2.50. The zero-order valence-electron chi connectivity index (χ0n) is 22.0. The summed E-state index contributed by atoms with van der Waals surface area (Å²) in [6.07, 6.45) is 0.798. The van der Waals surface area contributed by atoms with Gasteiger partial charge in [-0.2, -0.15) is 18.3 Å². The second kappa shape index (κ2) is 11.4. The van der Waals surface area contributed by atoms with Crippen LogP contribution >= 0.6 is 0 Å². The maximum absolute atomic E-state index is 15.0. The molecule has 0 bridgehead atoms. The molecular weight excluding hydrogens is 518 g/mol. The summed E-state index contributed by atoms with van der Waals surface area (Å²) in [6, 6.07) is 4.29. The van der Waals surface area contributed by atoms with Crippen LogP contribution in [0.4, 0.5) is 23.2 Å². The Labute approximate surface area is 223 Å². The van der Waals surface area contributed by atoms with Crippen LogP contribution in [-0.4, -0.2) is 46.3 Å². The molecule has 2 atom stereocenters. The minimum Gasteiger partial charge on any atom is -0.346 e. The van der Waals surface area contributed by atoms with E-state index >= 15 is 4.39 Å². The van der Waals surface area contributed by atoms with Gasteiger partial charge in [0.25, 0.3) is 5.91 Å². The van der Waals surface area contributed by atoms with E-state index in [4.69, 9.17) is 0 Å². The van der Waals surface area contributed by atoms with E-state index in [1.54, 1.807) is 16.1 Å². The van der Waals surface area contributed by atoms with Gasteiger partial charge in [-0.15, -0.1) is 0 Å². The SMILES string of the molecule is CC(C(=O)NCC(F)(F)F)c1ccc(NC(=O)[C@@H](NC(=O)c2ccnn2C(C)C)C(C2CC2)C2CC2)c(F)c1. The Morgan fingerprint density at radius 3 is 2.21 bits per heavy atom. The molecule has 8 nitrogen and oxygen atoms in total. The van der Waals surface area contributed by atoms with Gasteiger partial charge in [-0.25, -0.2) is 4.39 Å². The van der Waals surface area contributed by atoms with Crippen molar-refractivity contribution in [3.63, 3.8) is 0 Å². The van der Waals surface area contributed by atoms with Crippen molar-refractivity contribution < 1.29 is 31.9 Å². The number of rotatable bonds is 11. The molecule has 212 valence electrons. The highest BCUT2D eigenvalue weighted by atomic mass is 19.4. The fourth-order valence-corrected chi connectivity index (χ4v) is 4.95. The molecule has 2 aliphatic rings. The number of halogens is 4. The van der Waals surface area contributed by atoms with Crippen LogP contribution < -0.4 is 16.0 Å². The zero-order chi connectivity index (χ0) is 28.5. The van der Waals surface area contributed by atoms with E-state index in [9.17, 15) is 27.6 Å². The van der Waals surface area contributed by atoms with Crippen LogP contribution in [0.5, 0.6) is 0 Å². The summed E-state index contributed by atoms with van der Waals surface area (Å²) < 4.78 is 53.8. The van der Waals surface area contributed by atoms with Crippen LogP contribution in [0, 0.1) is 23.6 Å². The number of hydrogen-bond acceptors (Lipinski definition) is 4. The lowest BCUT2D eigenvalue weighted by Gasteiger charge is -2.28. The standard InChI is InChI=1S/C27H33F4N5O3/c1-14(2)36-21(10-11-33-36)25(38)35-23(22(16-4-5-16)17-6-7-17)26(39)34-20-9-8-18(12-19(20)28)15(3)24(37)32-13-27(29,30)31/h8-12,14-17,22-23H,4-7,13H2,1-3H3,(H,32,37)(H,34,39)(H,35,38)/t15?,23-/m0/s1. The molecule has 1 unspecified atom stereocenters. The molecule has 2 saturated carbocycles. The maximum atomic E-state index is 15.0. The number of alkyl halides is 3. The third-order valence-corrected chi connectivity index (χ3v) is 7.29. The van der Waals surface area contributed by atoms with Gasteiger partial charge in [0, 0.05) is 12.2 Å². The molecule has 2 aromatic rings. The average molecular weight is 552 g/mol. The van der Waals surface area contributed by atoms with E-state index in [-0.39, 0.29) is 23.2 Å². The number of benzene rings is 1. The van der Waals surface area contributed by atoms with Crippen molar-refractivity contribution >= 4 is 23.4 Å². The molecule has 0 saturated heterocycles. The van der Waals surface area contributed by atoms with E-state index in [1.807, 2.05) is 13.8 Å². The Kier molecular flexibility index (Phi) is 8.31. The van der Waals surface area contributed by atoms with Crippen LogP contribution in [0.15, 0.2) is 30.5 Å². The summed E-state index contributed by atoms with van der Waals surface area (Å²) in [5.41, 5.74) is 0.329. The van der Waals surface area contributed by atoms with Gasteiger partial charge in [0.15, 0.2) is 0 Å². The summed E-state index contributed by atoms with van der Waals surface area (Å²) in [6.45, 7) is 3.65. The quantitative estimate of drug-likeness (QED) is 0.356. The summed E-state index contributed by atoms with van der Waals surface area (Å²) in [5.74, 6) is -3.26. The van der Waals surface area contributed by atoms with E-state index < -0.39 is 48.2 Å². The van der Waals surface area contributed by atoms with Crippen molar-refractivity contribution in [1.29, 1.82) is 0 Å². The summed E-state index contributed by atoms with van der Waals surface area (Å²) in [4.78, 5) is 38.8. The van der Waals surface area contributed by atoms with Gasteiger partial charge in [0.05, 0.1) is 11.6 Å². The minimum atomic E-state index is -4.56. The van der Waals surface area contributed by atoms with Crippen LogP contribution in [0.2, 0.25) is 0 Å². The van der Waals surface area contributed by atoms with Crippen molar-refractivity contribution in [2.24, 2.45) is 17.8 Å². The van der Waals surface area contributed by atoms with Crippen LogP contribution in [0.3, 0.4) is 0 Å². The topological polar surface area (TPSA) is 105 Å². The number of amides is 3. The second-order valence-corrected chi connectivity index (χ2v) is 10.7. The highest BCUT2D eigenvalue weighted by Crippen LogP contribution is 2.51. The molecule has 39 heavy (non-hydrogen) atoms. The highest BCUT2D eigenvalue weighted by molar-refractivity contribution is 6.01. The molecule has 3 amide bonds. The number of nitrogens with one attached hydrogen (secondary N) is 3. The van der Waals surface area contributed by atoms with Gasteiger partial charge in [0.2, 0.25) is 11.8 Å². The Hall–Kier alpha value is -3.44. The first kappa shape index (κ1) is 28.6. The summed E-state index contributed by atoms with van der Waals surface area (Å²) >= 11 is 0. The number of carbonyl (C=O) groups is 3. The second-order valence-electron chi connectivity index (χ2n) is 10.7. The molecule has 12 heteroatoms. The molecule has 0 spiro atoms. The van der Waals surface area contributed by atoms with Gasteiger partial charge in [-0.05, 0) is 88.0 Å². The third kappa shape index (κ3) is 7.15. The number of anilines is 1. The van der Waals surface area contributed by atoms with Crippen molar-refractivity contribution in [1.82, 2.24) is 20.4 Å². The lowest BCUT2D eigenvalue weighted by atomic mass is 9.88. The molecule has 0 radical (unpaired) electrons. The summed E-state index contributed by atoms with van der Waals surface area (Å²) in [7, 11) is 0. The highest BCUT2D eigenvalue weighted by Gasteiger charge is 2.48. The van der Waals surface area contributed by atoms with Gasteiger partial charge >= 0.3 is 6.18 Å². The van der Waals surface area contributed by atoms with Crippen LogP contribution in [0.1, 0.15) is 74.5 Å². The van der Waals surface area contributed by atoms with E-state index in [2.05, 4.69) is 15.7 Å². The first-order chi connectivity index (χ1) is 18.4. The van der Waals surface area contributed by atoms with Gasteiger partial charge < -0.3 is 16.0 Å². The first-order valence-corrected chi connectivity index (χ1v) is 13.1. The number of hydrogen-bond donors (Lipinski definition) is 3. The van der Waals surface area contributed by atoms with Crippen LogP contribution in [0.25, 0.3) is 0 Å². The average Bonchev–Trinajstić information content (AvgIpc) is 3.81. The number of aromatic nitrogens is 2. The van der Waals surface area contributed by atoms with E-state index in [0.29, 0.717) is 17.5 Å². The Morgan fingerprint density at radius 2 is 1.67 bits per heavy atom. The molecular formula is C27H33F4N5O3. The maximum Gasteiger partial charge on any atom is 0.405 e. The van der Waals surface area contributed by atoms with Crippen molar-refractivity contribution in [3.05, 3.63) is 47.5 Å². The van der Waals surface area contributed by atoms with Gasteiger partial charge in [-0.3, -0.25) is 19.1 Å². The molecule has 2 fully saturated rings. The zero-order valence-corrected chi connectivity index (χ0v) is 22.0. The van der Waals surface area contributed by atoms with E-state index in [0.717, 1.165) is 31.7 Å². The largest absolute Gasteiger partial charge is 0.405 e. The molecule has 4 rings (SSSR count). The monoisotopic (exact) mass is 551 g/mol. The molecule has 0 aliphatic heterocycles. The first-order valence-electron chi connectivity index (χ1n) is 13.1. The van der Waals surface area contributed by atoms with E-state index in [1.165, 1.54) is 25.3 Å². The molecule has 1 aromatic heterocycles. The van der Waals surface area contributed by atoms with Gasteiger partial charge in [0.1, 0.15) is 24.1 Å². The smallest absolute Gasteiger partial charge is 0.346 e. The van der Waals surface area contributed by atoms with Crippen LogP contribution in [-0.2, 0) is 9.59 Å². The Balaban J connectivity index is 1.50. The minimum absolute atomic E-state index is 0.0683. The fraction of sp³-hybridized carbons (Fsp3) is 0.556. The normalized spacial score (nSPS) is 17.2. The Morgan fingerprint density at radius 1 is 1.03 bits per heavy atom. The van der Waals surface area contributed by atoms with Crippen molar-refractivity contribution in [2.75, 3.05) is 11.9 Å². The van der Waals surface area contributed by atoms with Crippen molar-refractivity contribution in [3.8, 4) is 0 Å². The van der Waals surface area contributed by atoms with Crippen molar-refractivity contribution in [2.45, 2.75) is 70.6 Å².